The zero-order valence-electron chi connectivity index (χ0n) is 17.5. The Hall–Kier alpha value is -2.01. The van der Waals surface area contributed by atoms with E-state index in [0.29, 0.717) is 6.04 Å². The van der Waals surface area contributed by atoms with Crippen LogP contribution >= 0.6 is 0 Å². The molecule has 152 valence electrons. The number of methoxy groups -OCH3 is 2. The molecule has 1 N–H and O–H groups in total. The van der Waals surface area contributed by atoms with Crippen molar-refractivity contribution < 1.29 is 9.47 Å². The van der Waals surface area contributed by atoms with Crippen molar-refractivity contribution in [3.8, 4) is 11.5 Å². The Balaban J connectivity index is 1.69. The number of nitrogens with one attached hydrogen (secondary N) is 1. The average Bonchev–Trinajstić information content (AvgIpc) is 3.07. The molecule has 1 aromatic heterocycles. The third-order valence-electron chi connectivity index (χ3n) is 6.23. The molecule has 1 aromatic carbocycles. The van der Waals surface area contributed by atoms with Crippen LogP contribution in [-0.2, 0) is 12.8 Å². The van der Waals surface area contributed by atoms with Crippen LogP contribution in [0, 0.1) is 0 Å². The van der Waals surface area contributed by atoms with E-state index in [4.69, 9.17) is 14.5 Å². The highest BCUT2D eigenvalue weighted by atomic mass is 16.5. The third-order valence-corrected chi connectivity index (χ3v) is 6.23. The average molecular weight is 384 g/mol. The summed E-state index contributed by atoms with van der Waals surface area (Å²) in [5, 5.41) is 5.11. The molecule has 0 unspecified atom stereocenters. The molecular formula is C23H33N3O2. The van der Waals surface area contributed by atoms with Gasteiger partial charge in [0.05, 0.1) is 19.7 Å². The number of hydrogen-bond acceptors (Lipinski definition) is 5. The molecule has 5 heteroatoms. The van der Waals surface area contributed by atoms with Crippen molar-refractivity contribution in [3.63, 3.8) is 0 Å². The minimum Gasteiger partial charge on any atom is -0.493 e. The minimum atomic E-state index is 0.519. The zero-order valence-corrected chi connectivity index (χ0v) is 17.5. The van der Waals surface area contributed by atoms with E-state index >= 15 is 0 Å². The number of pyridine rings is 1. The predicted octanol–water partition coefficient (Wildman–Crippen LogP) is 4.42. The lowest BCUT2D eigenvalue weighted by Crippen LogP contribution is -2.27. The van der Waals surface area contributed by atoms with Gasteiger partial charge in [-0.1, -0.05) is 6.92 Å². The Morgan fingerprint density at radius 1 is 1.07 bits per heavy atom. The van der Waals surface area contributed by atoms with Crippen LogP contribution < -0.4 is 14.8 Å². The van der Waals surface area contributed by atoms with Crippen LogP contribution in [-0.4, -0.2) is 49.8 Å². The van der Waals surface area contributed by atoms with Gasteiger partial charge in [0.2, 0.25) is 0 Å². The normalized spacial score (nSPS) is 20.0. The maximum Gasteiger partial charge on any atom is 0.162 e. The number of hydrogen-bond donors (Lipinski definition) is 1. The Bertz CT molecular complexity index is 836. The second-order valence-corrected chi connectivity index (χ2v) is 8.10. The number of anilines is 1. The van der Waals surface area contributed by atoms with Crippen molar-refractivity contribution in [1.29, 1.82) is 0 Å². The number of fused-ring (bicyclic) bond motifs is 2. The van der Waals surface area contributed by atoms with Crippen molar-refractivity contribution in [2.24, 2.45) is 0 Å². The second-order valence-electron chi connectivity index (χ2n) is 8.10. The van der Waals surface area contributed by atoms with E-state index in [1.807, 2.05) is 6.07 Å². The molecule has 0 radical (unpaired) electrons. The molecule has 1 atom stereocenters. The van der Waals surface area contributed by atoms with Crippen molar-refractivity contribution in [3.05, 3.63) is 23.4 Å². The number of likely N-dealkylation sites (tertiary alicyclic amines) is 1. The number of nitrogens with zero attached hydrogens (tertiary/aromatic N) is 2. The molecule has 2 aliphatic rings. The van der Waals surface area contributed by atoms with E-state index < -0.39 is 0 Å². The number of rotatable bonds is 6. The maximum atomic E-state index is 5.58. The highest BCUT2D eigenvalue weighted by Crippen LogP contribution is 2.40. The molecule has 1 aliphatic carbocycles. The first-order chi connectivity index (χ1) is 13.7. The van der Waals surface area contributed by atoms with Gasteiger partial charge in [-0.3, -0.25) is 4.98 Å². The van der Waals surface area contributed by atoms with Gasteiger partial charge in [0.15, 0.2) is 11.5 Å². The summed E-state index contributed by atoms with van der Waals surface area (Å²) in [5.74, 6) is 1.52. The van der Waals surface area contributed by atoms with Crippen LogP contribution in [0.3, 0.4) is 0 Å². The van der Waals surface area contributed by atoms with E-state index in [0.717, 1.165) is 35.2 Å². The molecule has 1 saturated heterocycles. The first-order valence-electron chi connectivity index (χ1n) is 10.8. The van der Waals surface area contributed by atoms with E-state index in [1.165, 1.54) is 68.7 Å². The third kappa shape index (κ3) is 3.77. The summed E-state index contributed by atoms with van der Waals surface area (Å²) in [7, 11) is 3.38. The van der Waals surface area contributed by atoms with E-state index in [2.05, 4.69) is 23.2 Å². The molecule has 0 amide bonds. The highest BCUT2D eigenvalue weighted by Gasteiger charge is 2.24. The number of aromatic nitrogens is 1. The lowest BCUT2D eigenvalue weighted by Gasteiger charge is -2.23. The van der Waals surface area contributed by atoms with Crippen LogP contribution in [0.2, 0.25) is 0 Å². The predicted molar refractivity (Wildman–Crippen MR) is 115 cm³/mol. The molecule has 1 fully saturated rings. The first-order valence-corrected chi connectivity index (χ1v) is 10.8. The Kier molecular flexibility index (Phi) is 5.90. The smallest absolute Gasteiger partial charge is 0.162 e. The lowest BCUT2D eigenvalue weighted by molar-refractivity contribution is 0.285. The van der Waals surface area contributed by atoms with Gasteiger partial charge in [0.1, 0.15) is 0 Å². The first kappa shape index (κ1) is 19.3. The van der Waals surface area contributed by atoms with Crippen LogP contribution in [0.5, 0.6) is 11.5 Å². The van der Waals surface area contributed by atoms with E-state index in [-0.39, 0.29) is 0 Å². The van der Waals surface area contributed by atoms with Crippen LogP contribution in [0.4, 0.5) is 5.69 Å². The van der Waals surface area contributed by atoms with Gasteiger partial charge < -0.3 is 19.7 Å². The molecule has 2 heterocycles. The molecule has 1 aliphatic heterocycles. The highest BCUT2D eigenvalue weighted by molar-refractivity contribution is 5.96. The van der Waals surface area contributed by atoms with E-state index in [9.17, 15) is 0 Å². The summed E-state index contributed by atoms with van der Waals surface area (Å²) in [6.45, 7) is 5.91. The minimum absolute atomic E-state index is 0.519. The lowest BCUT2D eigenvalue weighted by atomic mass is 10.0. The quantitative estimate of drug-likeness (QED) is 0.800. The van der Waals surface area contributed by atoms with Crippen LogP contribution in [0.15, 0.2) is 12.1 Å². The monoisotopic (exact) mass is 383 g/mol. The number of aryl methyl sites for hydroxylation is 1. The summed E-state index contributed by atoms with van der Waals surface area (Å²) in [4.78, 5) is 7.58. The van der Waals surface area contributed by atoms with Crippen molar-refractivity contribution in [1.82, 2.24) is 9.88 Å². The molecule has 0 saturated carbocycles. The van der Waals surface area contributed by atoms with Gasteiger partial charge in [-0.25, -0.2) is 0 Å². The van der Waals surface area contributed by atoms with Crippen molar-refractivity contribution in [2.45, 2.75) is 57.9 Å². The molecule has 2 aromatic rings. The Morgan fingerprint density at radius 2 is 1.89 bits per heavy atom. The van der Waals surface area contributed by atoms with Gasteiger partial charge in [-0.2, -0.15) is 0 Å². The van der Waals surface area contributed by atoms with Gasteiger partial charge in [0.25, 0.3) is 0 Å². The van der Waals surface area contributed by atoms with Gasteiger partial charge in [0, 0.05) is 35.4 Å². The fourth-order valence-electron chi connectivity index (χ4n) is 4.80. The fourth-order valence-corrected chi connectivity index (χ4v) is 4.80. The summed E-state index contributed by atoms with van der Waals surface area (Å²) >= 11 is 0. The van der Waals surface area contributed by atoms with Gasteiger partial charge in [-0.15, -0.1) is 0 Å². The van der Waals surface area contributed by atoms with Crippen LogP contribution in [0.1, 0.15) is 50.3 Å². The summed E-state index contributed by atoms with van der Waals surface area (Å²) in [6.07, 6.45) is 8.31. The molecular weight excluding hydrogens is 350 g/mol. The van der Waals surface area contributed by atoms with Gasteiger partial charge in [-0.05, 0) is 69.7 Å². The fraction of sp³-hybridized carbons (Fsp3) is 0.609. The summed E-state index contributed by atoms with van der Waals surface area (Å²) in [5.41, 5.74) is 4.95. The zero-order chi connectivity index (χ0) is 19.5. The standard InChI is InChI=1S/C23H33N3O2/c1-4-11-26-12-6-7-16(10-13-26)24-23-17-8-5-9-19(17)25-20-15-22(28-3)21(27-2)14-18(20)23/h14-16H,4-13H2,1-3H3,(H,24,25)/t16-/m1/s1. The maximum absolute atomic E-state index is 5.58. The largest absolute Gasteiger partial charge is 0.493 e. The Labute approximate surface area is 168 Å². The topological polar surface area (TPSA) is 46.6 Å². The van der Waals surface area contributed by atoms with Crippen molar-refractivity contribution >= 4 is 16.6 Å². The van der Waals surface area contributed by atoms with Crippen molar-refractivity contribution in [2.75, 3.05) is 39.2 Å². The molecule has 5 nitrogen and oxygen atoms in total. The Morgan fingerprint density at radius 3 is 2.68 bits per heavy atom. The second kappa shape index (κ2) is 8.56. The van der Waals surface area contributed by atoms with E-state index in [1.54, 1.807) is 14.2 Å². The summed E-state index contributed by atoms with van der Waals surface area (Å²) < 4.78 is 11.1. The van der Waals surface area contributed by atoms with Crippen LogP contribution in [0.25, 0.3) is 10.9 Å². The number of benzene rings is 1. The molecule has 0 spiro atoms. The molecule has 4 rings (SSSR count). The summed E-state index contributed by atoms with van der Waals surface area (Å²) in [6, 6.07) is 4.64. The molecule has 28 heavy (non-hydrogen) atoms. The van der Waals surface area contributed by atoms with Gasteiger partial charge >= 0.3 is 0 Å². The number of ether oxygens (including phenoxy) is 2. The SMILES string of the molecule is CCCN1CCC[C@@H](Nc2c3c(nc4cc(OC)c(OC)cc24)CCC3)CC1. The molecule has 0 bridgehead atoms.